The fourth-order valence-corrected chi connectivity index (χ4v) is 3.49. The first-order valence-corrected chi connectivity index (χ1v) is 8.16. The second-order valence-corrected chi connectivity index (χ2v) is 6.26. The van der Waals surface area contributed by atoms with Gasteiger partial charge in [-0.3, -0.25) is 4.98 Å². The highest BCUT2D eigenvalue weighted by molar-refractivity contribution is 6.03. The molecule has 114 valence electrons. The first-order valence-electron chi connectivity index (χ1n) is 8.16. The fraction of sp³-hybridized carbons (Fsp3) is 0.0455. The second kappa shape index (κ2) is 4.93. The Labute approximate surface area is 140 Å². The Balaban J connectivity index is 2.01. The van der Waals surface area contributed by atoms with Crippen molar-refractivity contribution >= 4 is 27.3 Å². The molecule has 0 spiro atoms. The van der Waals surface area contributed by atoms with Gasteiger partial charge in [0.15, 0.2) is 0 Å². The molecule has 0 saturated carbocycles. The molecule has 0 fully saturated rings. The van der Waals surface area contributed by atoms with Crippen molar-refractivity contribution < 1.29 is 0 Å². The molecule has 5 rings (SSSR count). The minimum Gasteiger partial charge on any atom is -0.309 e. The highest BCUT2D eigenvalue weighted by atomic mass is 14.9. The van der Waals surface area contributed by atoms with Crippen molar-refractivity contribution in [2.24, 2.45) is 0 Å². The molecule has 5 aromatic rings. The number of hydrogen-bond donors (Lipinski definition) is 0. The van der Waals surface area contributed by atoms with E-state index in [4.69, 9.17) is 0 Å². The van der Waals surface area contributed by atoms with Crippen LogP contribution in [0.25, 0.3) is 38.6 Å². The maximum atomic E-state index is 4.59. The van der Waals surface area contributed by atoms with E-state index >= 15 is 0 Å². The van der Waals surface area contributed by atoms with Crippen LogP contribution in [0.1, 0.15) is 5.56 Å². The van der Waals surface area contributed by atoms with Crippen LogP contribution in [0.15, 0.2) is 79.0 Å². The Bertz CT molecular complexity index is 1200. The van der Waals surface area contributed by atoms with Crippen molar-refractivity contribution in [3.63, 3.8) is 0 Å². The van der Waals surface area contributed by atoms with E-state index in [1.54, 1.807) is 0 Å². The fourth-order valence-electron chi connectivity index (χ4n) is 3.49. The highest BCUT2D eigenvalue weighted by Gasteiger charge is 2.12. The third kappa shape index (κ3) is 1.86. The van der Waals surface area contributed by atoms with Gasteiger partial charge in [-0.15, -0.1) is 0 Å². The average molecular weight is 308 g/mol. The van der Waals surface area contributed by atoms with Crippen LogP contribution in [-0.4, -0.2) is 9.38 Å². The molecule has 0 aliphatic carbocycles. The summed E-state index contributed by atoms with van der Waals surface area (Å²) in [5, 5.41) is 2.44. The Morgan fingerprint density at radius 2 is 1.62 bits per heavy atom. The van der Waals surface area contributed by atoms with E-state index in [1.165, 1.54) is 38.6 Å². The van der Waals surface area contributed by atoms with E-state index in [9.17, 15) is 0 Å². The molecule has 0 amide bonds. The van der Waals surface area contributed by atoms with Gasteiger partial charge < -0.3 is 4.40 Å². The molecule has 0 aliphatic heterocycles. The summed E-state index contributed by atoms with van der Waals surface area (Å²) in [5.41, 5.74) is 7.12. The molecule has 0 saturated heterocycles. The Morgan fingerprint density at radius 1 is 0.792 bits per heavy atom. The third-order valence-electron chi connectivity index (χ3n) is 4.69. The van der Waals surface area contributed by atoms with Crippen LogP contribution in [0.5, 0.6) is 0 Å². The lowest BCUT2D eigenvalue weighted by atomic mass is 10.1. The second-order valence-electron chi connectivity index (χ2n) is 6.26. The van der Waals surface area contributed by atoms with Crippen LogP contribution >= 0.6 is 0 Å². The van der Waals surface area contributed by atoms with Crippen LogP contribution in [0.3, 0.4) is 0 Å². The number of para-hydroxylation sites is 1. The number of pyridine rings is 2. The smallest absolute Gasteiger partial charge is 0.0744 e. The van der Waals surface area contributed by atoms with Gasteiger partial charge in [0.25, 0.3) is 0 Å². The number of fused-ring (bicyclic) bond motifs is 5. The summed E-state index contributed by atoms with van der Waals surface area (Å²) in [5.74, 6) is 0. The Hall–Kier alpha value is -3.13. The zero-order valence-corrected chi connectivity index (χ0v) is 13.4. The number of aromatic nitrogens is 2. The molecule has 0 unspecified atom stereocenters. The van der Waals surface area contributed by atoms with Crippen molar-refractivity contribution in [1.29, 1.82) is 0 Å². The average Bonchev–Trinajstić information content (AvgIpc) is 3.02. The molecular weight excluding hydrogens is 292 g/mol. The van der Waals surface area contributed by atoms with Crippen molar-refractivity contribution in [1.82, 2.24) is 9.38 Å². The molecule has 2 heteroatoms. The standard InChI is InChI=1S/C22H16N2/c1-15-8-10-16(11-9-15)21-14-19-18(6-4-12-23-19)22-13-17-5-2-3-7-20(17)24(21)22/h2-14H,1H3. The minimum absolute atomic E-state index is 1.03. The van der Waals surface area contributed by atoms with Crippen LogP contribution in [0, 0.1) is 6.92 Å². The maximum Gasteiger partial charge on any atom is 0.0744 e. The monoisotopic (exact) mass is 308 g/mol. The van der Waals surface area contributed by atoms with Crippen molar-refractivity contribution in [3.8, 4) is 11.3 Å². The van der Waals surface area contributed by atoms with Gasteiger partial charge in [0.2, 0.25) is 0 Å². The van der Waals surface area contributed by atoms with Crippen LogP contribution < -0.4 is 0 Å². The van der Waals surface area contributed by atoms with E-state index in [0.717, 1.165) is 5.52 Å². The van der Waals surface area contributed by atoms with Crippen LogP contribution in [-0.2, 0) is 0 Å². The van der Waals surface area contributed by atoms with Gasteiger partial charge in [0.05, 0.1) is 22.2 Å². The molecule has 0 radical (unpaired) electrons. The Kier molecular flexibility index (Phi) is 2.74. The Morgan fingerprint density at radius 3 is 2.50 bits per heavy atom. The van der Waals surface area contributed by atoms with Gasteiger partial charge in [-0.05, 0) is 42.8 Å². The number of nitrogens with zero attached hydrogens (tertiary/aromatic N) is 2. The zero-order chi connectivity index (χ0) is 16.1. The summed E-state index contributed by atoms with van der Waals surface area (Å²) < 4.78 is 2.35. The summed E-state index contributed by atoms with van der Waals surface area (Å²) in [7, 11) is 0. The molecule has 0 N–H and O–H groups in total. The van der Waals surface area contributed by atoms with Crippen LogP contribution in [0.2, 0.25) is 0 Å². The molecule has 0 bridgehead atoms. The lowest BCUT2D eigenvalue weighted by Crippen LogP contribution is -1.94. The minimum atomic E-state index is 1.03. The first-order chi connectivity index (χ1) is 11.8. The number of benzene rings is 2. The molecular formula is C22H16N2. The maximum absolute atomic E-state index is 4.59. The van der Waals surface area contributed by atoms with E-state index in [2.05, 4.69) is 83.0 Å². The highest BCUT2D eigenvalue weighted by Crippen LogP contribution is 2.32. The molecule has 24 heavy (non-hydrogen) atoms. The molecule has 0 aliphatic rings. The SMILES string of the molecule is Cc1ccc(-c2cc3ncccc3c3cc4ccccc4n23)cc1. The van der Waals surface area contributed by atoms with E-state index < -0.39 is 0 Å². The summed E-state index contributed by atoms with van der Waals surface area (Å²) in [4.78, 5) is 4.59. The van der Waals surface area contributed by atoms with Gasteiger partial charge in [-0.1, -0.05) is 48.0 Å². The number of hydrogen-bond acceptors (Lipinski definition) is 1. The van der Waals surface area contributed by atoms with E-state index in [-0.39, 0.29) is 0 Å². The van der Waals surface area contributed by atoms with Gasteiger partial charge in [-0.2, -0.15) is 0 Å². The molecule has 2 nitrogen and oxygen atoms in total. The molecule has 3 heterocycles. The number of rotatable bonds is 1. The lowest BCUT2D eigenvalue weighted by molar-refractivity contribution is 1.26. The molecule has 0 atom stereocenters. The van der Waals surface area contributed by atoms with Crippen LogP contribution in [0.4, 0.5) is 0 Å². The van der Waals surface area contributed by atoms with Crippen molar-refractivity contribution in [2.75, 3.05) is 0 Å². The van der Waals surface area contributed by atoms with Crippen molar-refractivity contribution in [2.45, 2.75) is 6.92 Å². The lowest BCUT2D eigenvalue weighted by Gasteiger charge is -2.11. The van der Waals surface area contributed by atoms with Gasteiger partial charge >= 0.3 is 0 Å². The predicted molar refractivity (Wildman–Crippen MR) is 100 cm³/mol. The largest absolute Gasteiger partial charge is 0.309 e. The first kappa shape index (κ1) is 13.3. The van der Waals surface area contributed by atoms with Crippen molar-refractivity contribution in [3.05, 3.63) is 84.6 Å². The van der Waals surface area contributed by atoms with Gasteiger partial charge in [0.1, 0.15) is 0 Å². The normalized spacial score (nSPS) is 11.5. The topological polar surface area (TPSA) is 17.3 Å². The third-order valence-corrected chi connectivity index (χ3v) is 4.69. The quantitative estimate of drug-likeness (QED) is 0.393. The summed E-state index contributed by atoms with van der Waals surface area (Å²) in [6.45, 7) is 2.12. The van der Waals surface area contributed by atoms with E-state index in [1.807, 2.05) is 12.3 Å². The molecule has 2 aromatic carbocycles. The number of aryl methyl sites for hydroxylation is 1. The van der Waals surface area contributed by atoms with E-state index in [0.29, 0.717) is 0 Å². The van der Waals surface area contributed by atoms with Gasteiger partial charge in [0, 0.05) is 17.0 Å². The molecule has 3 aromatic heterocycles. The zero-order valence-electron chi connectivity index (χ0n) is 13.4. The predicted octanol–water partition coefficient (Wildman–Crippen LogP) is 5.62. The van der Waals surface area contributed by atoms with Gasteiger partial charge in [-0.25, -0.2) is 0 Å². The summed E-state index contributed by atoms with van der Waals surface area (Å²) >= 11 is 0. The summed E-state index contributed by atoms with van der Waals surface area (Å²) in [6.07, 6.45) is 1.86. The summed E-state index contributed by atoms with van der Waals surface area (Å²) in [6, 6.07) is 25.9.